The maximum Gasteiger partial charge on any atom is 0.159 e. The Hall–Kier alpha value is -2.64. The van der Waals surface area contributed by atoms with Crippen molar-refractivity contribution >= 4 is 12.1 Å². The van der Waals surface area contributed by atoms with E-state index in [0.29, 0.717) is 5.57 Å². The van der Waals surface area contributed by atoms with Gasteiger partial charge in [-0.15, -0.1) is 0 Å². The van der Waals surface area contributed by atoms with E-state index in [9.17, 15) is 8.78 Å². The second-order valence-electron chi connectivity index (χ2n) is 10.8. The van der Waals surface area contributed by atoms with Crippen LogP contribution in [0.1, 0.15) is 113 Å². The molecule has 0 saturated carbocycles. The maximum atomic E-state index is 12.4. The van der Waals surface area contributed by atoms with E-state index in [1.54, 1.807) is 19.2 Å². The largest absolute Gasteiger partial charge is 0.372 e. The molecule has 0 aromatic heterocycles. The molecule has 1 aliphatic heterocycles. The number of hydrogen-bond donors (Lipinski definition) is 2. The third kappa shape index (κ3) is 19.6. The molecule has 7 heteroatoms. The van der Waals surface area contributed by atoms with E-state index in [0.717, 1.165) is 30.1 Å². The van der Waals surface area contributed by atoms with Crippen LogP contribution in [0.3, 0.4) is 0 Å². The summed E-state index contributed by atoms with van der Waals surface area (Å²) in [4.78, 5) is 9.11. The van der Waals surface area contributed by atoms with E-state index in [-0.39, 0.29) is 5.84 Å². The Labute approximate surface area is 270 Å². The molecule has 0 amide bonds. The number of amidine groups is 1. The lowest BCUT2D eigenvalue weighted by Gasteiger charge is -2.46. The summed E-state index contributed by atoms with van der Waals surface area (Å²) in [6.45, 7) is 32.3. The zero-order valence-corrected chi connectivity index (χ0v) is 30.2. The molecule has 1 fully saturated rings. The van der Waals surface area contributed by atoms with Crippen molar-refractivity contribution in [3.63, 3.8) is 0 Å². The molecule has 1 atom stereocenters. The third-order valence-corrected chi connectivity index (χ3v) is 7.11. The van der Waals surface area contributed by atoms with Gasteiger partial charge in [0.2, 0.25) is 0 Å². The first-order valence-corrected chi connectivity index (χ1v) is 16.5. The Morgan fingerprint density at radius 2 is 1.57 bits per heavy atom. The van der Waals surface area contributed by atoms with Crippen LogP contribution >= 0.6 is 0 Å². The van der Waals surface area contributed by atoms with E-state index in [4.69, 9.17) is 5.41 Å². The number of aryl methyl sites for hydroxylation is 1. The molecule has 5 nitrogen and oxygen atoms in total. The van der Waals surface area contributed by atoms with Crippen LogP contribution in [0.4, 0.5) is 8.78 Å². The molecular formula is C37H67F2N5. The van der Waals surface area contributed by atoms with Crippen LogP contribution in [0, 0.1) is 17.0 Å². The maximum absolute atomic E-state index is 12.4. The summed E-state index contributed by atoms with van der Waals surface area (Å²) in [7, 11) is 1.50. The van der Waals surface area contributed by atoms with E-state index < -0.39 is 11.6 Å². The van der Waals surface area contributed by atoms with Gasteiger partial charge in [-0.1, -0.05) is 91.7 Å². The van der Waals surface area contributed by atoms with Crippen molar-refractivity contribution in [3.8, 4) is 0 Å². The fourth-order valence-corrected chi connectivity index (χ4v) is 4.55. The van der Waals surface area contributed by atoms with Crippen LogP contribution in [-0.2, 0) is 6.42 Å². The summed E-state index contributed by atoms with van der Waals surface area (Å²) >= 11 is 0. The van der Waals surface area contributed by atoms with Crippen LogP contribution in [-0.4, -0.2) is 60.6 Å². The van der Waals surface area contributed by atoms with Crippen LogP contribution in [0.2, 0.25) is 0 Å². The highest BCUT2D eigenvalue weighted by Gasteiger charge is 2.30. The van der Waals surface area contributed by atoms with Gasteiger partial charge in [0.25, 0.3) is 0 Å². The number of allylic oxidation sites excluding steroid dienone is 2. The highest BCUT2D eigenvalue weighted by atomic mass is 19.2. The van der Waals surface area contributed by atoms with Crippen molar-refractivity contribution < 1.29 is 8.78 Å². The van der Waals surface area contributed by atoms with Gasteiger partial charge in [0.05, 0.1) is 0 Å². The van der Waals surface area contributed by atoms with E-state index in [1.165, 1.54) is 88.6 Å². The van der Waals surface area contributed by atoms with Crippen molar-refractivity contribution in [2.75, 3.05) is 26.7 Å². The van der Waals surface area contributed by atoms with Gasteiger partial charge >= 0.3 is 0 Å². The molecule has 1 heterocycles. The molecule has 1 aliphatic rings. The van der Waals surface area contributed by atoms with Crippen molar-refractivity contribution in [2.45, 2.75) is 126 Å². The van der Waals surface area contributed by atoms with Crippen LogP contribution in [0.5, 0.6) is 0 Å². The standard InChI is InChI=1S/C18H36N2.C8H8F2.C7H10N2.C3H8.CH5N/c1-7-10-18(11-8-2)20-13-12-19(14-17(20)9-3)16(6)15(4)5;1-2-6-3-4-7(9)8(10)5-6;1-4-6(3)7(8)9-5-2;1-3-2;1-2/h17-18H,7-14H2,1-6H3;3-5H,2H2,1H3;4-5,8H,1,3H2,2H3;3H2,1-2H3;2H2,1H3. The highest BCUT2D eigenvalue weighted by Crippen LogP contribution is 2.24. The molecule has 0 aliphatic carbocycles. The SMILES string of the molecule is C=CC(=C)C(=N)N=CC.CCC.CCCC(CCC)N1CCN(C(C)=C(C)C)CC1CC.CCc1ccc(F)c(F)c1.CN. The van der Waals surface area contributed by atoms with Gasteiger partial charge < -0.3 is 10.6 Å². The number of nitrogens with zero attached hydrogens (tertiary/aromatic N) is 3. The fraction of sp³-hybridized carbons (Fsp3) is 0.622. The van der Waals surface area contributed by atoms with Crippen LogP contribution in [0.25, 0.3) is 0 Å². The second kappa shape index (κ2) is 29.1. The van der Waals surface area contributed by atoms with Crippen molar-refractivity contribution in [1.82, 2.24) is 9.80 Å². The average molecular weight is 620 g/mol. The number of piperazine rings is 1. The molecule has 0 radical (unpaired) electrons. The molecule has 44 heavy (non-hydrogen) atoms. The minimum absolute atomic E-state index is 0.174. The van der Waals surface area contributed by atoms with Crippen molar-refractivity contribution in [2.24, 2.45) is 10.7 Å². The lowest BCUT2D eigenvalue weighted by atomic mass is 9.99. The fourth-order valence-electron chi connectivity index (χ4n) is 4.55. The first-order valence-electron chi connectivity index (χ1n) is 16.5. The van der Waals surface area contributed by atoms with Crippen molar-refractivity contribution in [3.05, 3.63) is 71.5 Å². The van der Waals surface area contributed by atoms with E-state index in [1.807, 2.05) is 6.92 Å². The summed E-state index contributed by atoms with van der Waals surface area (Å²) in [6.07, 6.45) is 11.7. The Bertz CT molecular complexity index is 961. The first-order chi connectivity index (χ1) is 20.9. The van der Waals surface area contributed by atoms with Gasteiger partial charge in [-0.05, 0) is 78.1 Å². The van der Waals surface area contributed by atoms with Gasteiger partial charge in [-0.25, -0.2) is 13.8 Å². The topological polar surface area (TPSA) is 68.7 Å². The zero-order chi connectivity index (χ0) is 34.7. The van der Waals surface area contributed by atoms with Gasteiger partial charge in [0.15, 0.2) is 17.5 Å². The number of hydrogen-bond acceptors (Lipinski definition) is 4. The third-order valence-electron chi connectivity index (χ3n) is 7.11. The monoisotopic (exact) mass is 620 g/mol. The number of nitrogens with one attached hydrogen (secondary N) is 1. The summed E-state index contributed by atoms with van der Waals surface area (Å²) in [5, 5.41) is 7.13. The van der Waals surface area contributed by atoms with Gasteiger partial charge in [0, 0.05) is 49.2 Å². The summed E-state index contributed by atoms with van der Waals surface area (Å²) in [5.41, 5.74) is 8.82. The second-order valence-corrected chi connectivity index (χ2v) is 10.8. The lowest BCUT2D eigenvalue weighted by molar-refractivity contribution is 0.0451. The Kier molecular flexibility index (Phi) is 30.3. The Balaban J connectivity index is -0.000000586. The summed E-state index contributed by atoms with van der Waals surface area (Å²) in [5.74, 6) is -1.37. The highest BCUT2D eigenvalue weighted by molar-refractivity contribution is 6.01. The molecule has 1 aromatic carbocycles. The first kappa shape index (κ1) is 45.8. The molecule has 0 spiro atoms. The smallest absolute Gasteiger partial charge is 0.159 e. The number of rotatable bonds is 10. The molecule has 3 N–H and O–H groups in total. The van der Waals surface area contributed by atoms with Crippen LogP contribution in [0.15, 0.2) is 59.3 Å². The van der Waals surface area contributed by atoms with Crippen molar-refractivity contribution in [1.29, 1.82) is 5.41 Å². The predicted molar refractivity (Wildman–Crippen MR) is 193 cm³/mol. The predicted octanol–water partition coefficient (Wildman–Crippen LogP) is 9.98. The molecule has 254 valence electrons. The molecule has 2 rings (SSSR count). The molecule has 1 unspecified atom stereocenters. The lowest BCUT2D eigenvalue weighted by Crippen LogP contribution is -2.55. The normalized spacial score (nSPS) is 14.1. The average Bonchev–Trinajstić information content (AvgIpc) is 3.03. The minimum Gasteiger partial charge on any atom is -0.372 e. The molecular weight excluding hydrogens is 552 g/mol. The number of nitrogens with two attached hydrogens (primary N) is 1. The summed E-state index contributed by atoms with van der Waals surface area (Å²) in [6, 6.07) is 5.49. The number of aliphatic imine (C=N–C) groups is 1. The number of benzene rings is 1. The number of halogens is 2. The van der Waals surface area contributed by atoms with E-state index >= 15 is 0 Å². The van der Waals surface area contributed by atoms with E-state index in [2.05, 4.69) is 89.1 Å². The quantitative estimate of drug-likeness (QED) is 0.156. The van der Waals surface area contributed by atoms with Gasteiger partial charge in [-0.2, -0.15) is 0 Å². The van der Waals surface area contributed by atoms with Gasteiger partial charge in [-0.3, -0.25) is 10.3 Å². The summed E-state index contributed by atoms with van der Waals surface area (Å²) < 4.78 is 24.7. The van der Waals surface area contributed by atoms with Crippen LogP contribution < -0.4 is 5.73 Å². The van der Waals surface area contributed by atoms with Gasteiger partial charge in [0.1, 0.15) is 0 Å². The zero-order valence-electron chi connectivity index (χ0n) is 30.2. The Morgan fingerprint density at radius 3 is 1.95 bits per heavy atom. The molecule has 0 bridgehead atoms. The minimum atomic E-state index is -0.780. The molecule has 1 saturated heterocycles. The molecule has 1 aromatic rings. The Morgan fingerprint density at radius 1 is 1.02 bits per heavy atom.